The van der Waals surface area contributed by atoms with Crippen LogP contribution in [0.1, 0.15) is 41.4 Å². The van der Waals surface area contributed by atoms with Crippen molar-refractivity contribution in [2.45, 2.75) is 0 Å². The van der Waals surface area contributed by atoms with E-state index in [1.807, 2.05) is 0 Å². The number of nitrogens with one attached hydrogen (secondary N) is 1. The summed E-state index contributed by atoms with van der Waals surface area (Å²) in [5.41, 5.74) is -0.537. The lowest BCUT2D eigenvalue weighted by atomic mass is 10.0. The first-order valence-corrected chi connectivity index (χ1v) is 8.72. The van der Waals surface area contributed by atoms with Crippen LogP contribution in [0.15, 0.2) is 60.7 Å². The van der Waals surface area contributed by atoms with Crippen LogP contribution in [0.5, 0.6) is 0 Å². The van der Waals surface area contributed by atoms with E-state index >= 15 is 0 Å². The molecule has 4 N–H and O–H groups in total. The minimum atomic E-state index is -1.52. The minimum absolute atomic E-state index is 0.113. The van der Waals surface area contributed by atoms with E-state index in [0.29, 0.717) is 11.1 Å². The van der Waals surface area contributed by atoms with E-state index in [1.54, 1.807) is 0 Å². The van der Waals surface area contributed by atoms with Crippen LogP contribution in [0.2, 0.25) is 0 Å². The molecule has 156 valence electrons. The van der Waals surface area contributed by atoms with Crippen LogP contribution in [0, 0.1) is 5.82 Å². The molecule has 31 heavy (non-hydrogen) atoms. The Morgan fingerprint density at radius 2 is 1.23 bits per heavy atom. The topological polar surface area (TPSA) is 141 Å². The molecule has 0 aliphatic carbocycles. The summed E-state index contributed by atoms with van der Waals surface area (Å²) in [7, 11) is 0. The second-order valence-corrected chi connectivity index (χ2v) is 6.40. The number of carbonyl (C=O) groups excluding carboxylic acids is 1. The lowest BCUT2D eigenvalue weighted by Gasteiger charge is -2.13. The van der Waals surface area contributed by atoms with Gasteiger partial charge in [-0.3, -0.25) is 4.79 Å². The van der Waals surface area contributed by atoms with E-state index in [2.05, 4.69) is 5.32 Å². The molecule has 0 bridgehead atoms. The van der Waals surface area contributed by atoms with Crippen molar-refractivity contribution >= 4 is 29.5 Å². The highest BCUT2D eigenvalue weighted by Crippen LogP contribution is 2.27. The second-order valence-electron chi connectivity index (χ2n) is 6.40. The Balaban J connectivity index is 2.03. The van der Waals surface area contributed by atoms with Crippen molar-refractivity contribution in [2.75, 3.05) is 5.32 Å². The molecule has 0 atom stereocenters. The van der Waals surface area contributed by atoms with Gasteiger partial charge in [0.05, 0.1) is 27.9 Å². The molecule has 0 spiro atoms. The Morgan fingerprint density at radius 3 is 1.81 bits per heavy atom. The molecule has 0 unspecified atom stereocenters. The maximum absolute atomic E-state index is 13.2. The average Bonchev–Trinajstić information content (AvgIpc) is 2.73. The number of halogens is 1. The van der Waals surface area contributed by atoms with E-state index in [-0.39, 0.29) is 22.4 Å². The van der Waals surface area contributed by atoms with E-state index in [1.165, 1.54) is 42.5 Å². The molecule has 9 heteroatoms. The van der Waals surface area contributed by atoms with E-state index in [9.17, 15) is 33.8 Å². The zero-order valence-corrected chi connectivity index (χ0v) is 15.6. The van der Waals surface area contributed by atoms with E-state index < -0.39 is 35.2 Å². The zero-order chi connectivity index (χ0) is 22.7. The number of hydrogen-bond acceptors (Lipinski definition) is 4. The van der Waals surface area contributed by atoms with Crippen LogP contribution in [0.4, 0.5) is 10.1 Å². The quantitative estimate of drug-likeness (QED) is 0.472. The molecule has 0 aliphatic heterocycles. The molecule has 3 rings (SSSR count). The van der Waals surface area contributed by atoms with Gasteiger partial charge in [0.15, 0.2) is 0 Å². The van der Waals surface area contributed by atoms with Crippen LogP contribution >= 0.6 is 0 Å². The Labute approximate surface area is 174 Å². The highest BCUT2D eigenvalue weighted by Gasteiger charge is 2.21. The summed E-state index contributed by atoms with van der Waals surface area (Å²) in [6, 6.07) is 12.4. The lowest BCUT2D eigenvalue weighted by molar-refractivity contribution is 0.0680. The highest BCUT2D eigenvalue weighted by atomic mass is 19.1. The standard InChI is InChI=1S/C22H14FNO7/c23-14-5-1-11(2-6-14)12-3-8-16(21(28)29)18(10-12)24-19(25)15-7-4-13(20(26)27)9-17(15)22(30)31/h1-10H,(H,24,25)(H,26,27)(H,28,29)(H,30,31). The van der Waals surface area contributed by atoms with Gasteiger partial charge < -0.3 is 20.6 Å². The van der Waals surface area contributed by atoms with Gasteiger partial charge >= 0.3 is 17.9 Å². The molecule has 0 saturated carbocycles. The zero-order valence-electron chi connectivity index (χ0n) is 15.6. The molecule has 3 aromatic rings. The van der Waals surface area contributed by atoms with Crippen LogP contribution in [0.25, 0.3) is 11.1 Å². The van der Waals surface area contributed by atoms with E-state index in [4.69, 9.17) is 5.11 Å². The predicted molar refractivity (Wildman–Crippen MR) is 107 cm³/mol. The number of carboxylic acid groups (broad SMARTS) is 3. The van der Waals surface area contributed by atoms with Gasteiger partial charge in [-0.25, -0.2) is 18.8 Å². The first-order valence-electron chi connectivity index (χ1n) is 8.72. The fourth-order valence-electron chi connectivity index (χ4n) is 2.90. The smallest absolute Gasteiger partial charge is 0.337 e. The van der Waals surface area contributed by atoms with Crippen molar-refractivity contribution in [3.05, 3.63) is 88.7 Å². The Hall–Kier alpha value is -4.53. The van der Waals surface area contributed by atoms with Gasteiger partial charge in [-0.15, -0.1) is 0 Å². The number of benzene rings is 3. The summed E-state index contributed by atoms with van der Waals surface area (Å²) in [6.07, 6.45) is 0. The van der Waals surface area contributed by atoms with Gasteiger partial charge in [-0.1, -0.05) is 18.2 Å². The van der Waals surface area contributed by atoms with E-state index in [0.717, 1.165) is 18.2 Å². The van der Waals surface area contributed by atoms with Gasteiger partial charge in [0.25, 0.3) is 5.91 Å². The Morgan fingerprint density at radius 1 is 0.645 bits per heavy atom. The summed E-state index contributed by atoms with van der Waals surface area (Å²) in [4.78, 5) is 46.9. The van der Waals surface area contributed by atoms with Crippen molar-refractivity contribution in [3.8, 4) is 11.1 Å². The second kappa shape index (κ2) is 8.46. The maximum Gasteiger partial charge on any atom is 0.337 e. The molecule has 0 fully saturated rings. The molecule has 0 saturated heterocycles. The lowest BCUT2D eigenvalue weighted by Crippen LogP contribution is -2.19. The van der Waals surface area contributed by atoms with Crippen molar-refractivity contribution in [2.24, 2.45) is 0 Å². The summed E-state index contributed by atoms with van der Waals surface area (Å²) in [5.74, 6) is -5.61. The SMILES string of the molecule is O=C(O)c1ccc(C(=O)Nc2cc(-c3ccc(F)cc3)ccc2C(=O)O)c(C(=O)O)c1. The molecule has 0 aromatic heterocycles. The third kappa shape index (κ3) is 4.56. The van der Waals surface area contributed by atoms with Crippen molar-refractivity contribution in [3.63, 3.8) is 0 Å². The Kier molecular flexibility index (Phi) is 5.78. The fourth-order valence-corrected chi connectivity index (χ4v) is 2.90. The largest absolute Gasteiger partial charge is 0.478 e. The van der Waals surface area contributed by atoms with Crippen LogP contribution in [0.3, 0.4) is 0 Å². The van der Waals surface area contributed by atoms with Gasteiger partial charge in [0, 0.05) is 0 Å². The molecule has 0 heterocycles. The maximum atomic E-state index is 13.2. The summed E-state index contributed by atoms with van der Waals surface area (Å²) in [6.45, 7) is 0. The van der Waals surface area contributed by atoms with Gasteiger partial charge in [-0.05, 0) is 53.6 Å². The van der Waals surface area contributed by atoms with Crippen LogP contribution in [-0.2, 0) is 0 Å². The Bertz CT molecular complexity index is 1220. The molecule has 8 nitrogen and oxygen atoms in total. The first kappa shape index (κ1) is 21.2. The fraction of sp³-hybridized carbons (Fsp3) is 0. The van der Waals surface area contributed by atoms with Gasteiger partial charge in [0.1, 0.15) is 5.82 Å². The number of hydrogen-bond donors (Lipinski definition) is 4. The summed E-state index contributed by atoms with van der Waals surface area (Å²) < 4.78 is 13.2. The van der Waals surface area contributed by atoms with Crippen molar-refractivity contribution in [1.29, 1.82) is 0 Å². The van der Waals surface area contributed by atoms with Crippen molar-refractivity contribution in [1.82, 2.24) is 0 Å². The molecular formula is C22H14FNO7. The molecule has 1 amide bonds. The number of aromatic carboxylic acids is 3. The van der Waals surface area contributed by atoms with Crippen LogP contribution < -0.4 is 5.32 Å². The number of anilines is 1. The first-order chi connectivity index (χ1) is 14.7. The summed E-state index contributed by atoms with van der Waals surface area (Å²) in [5, 5.41) is 30.2. The highest BCUT2D eigenvalue weighted by molar-refractivity contribution is 6.13. The number of carbonyl (C=O) groups is 4. The normalized spacial score (nSPS) is 10.4. The third-order valence-corrected chi connectivity index (χ3v) is 4.42. The monoisotopic (exact) mass is 423 g/mol. The number of amides is 1. The van der Waals surface area contributed by atoms with Crippen LogP contribution in [-0.4, -0.2) is 39.1 Å². The van der Waals surface area contributed by atoms with Gasteiger partial charge in [0.2, 0.25) is 0 Å². The summed E-state index contributed by atoms with van der Waals surface area (Å²) >= 11 is 0. The molecule has 3 aromatic carbocycles. The van der Waals surface area contributed by atoms with Crippen molar-refractivity contribution < 1.29 is 38.9 Å². The number of carboxylic acids is 3. The molecule has 0 radical (unpaired) electrons. The number of rotatable bonds is 6. The third-order valence-electron chi connectivity index (χ3n) is 4.42. The average molecular weight is 423 g/mol. The minimum Gasteiger partial charge on any atom is -0.478 e. The predicted octanol–water partition coefficient (Wildman–Crippen LogP) is 3.84. The molecule has 0 aliphatic rings. The van der Waals surface area contributed by atoms with Gasteiger partial charge in [-0.2, -0.15) is 0 Å². The molecular weight excluding hydrogens is 409 g/mol.